The minimum absolute atomic E-state index is 0.0486. The molecule has 0 aromatic heterocycles. The number of carbonyl (C=O) groups is 3. The maximum Gasteiger partial charge on any atom is 0.305 e. The Bertz CT molecular complexity index is 1370. The molecule has 0 aromatic carbocycles. The number of aliphatic hydroxyl groups is 1. The lowest BCUT2D eigenvalue weighted by Gasteiger charge is -2.58. The van der Waals surface area contributed by atoms with E-state index in [1.165, 1.54) is 5.57 Å². The third kappa shape index (κ3) is 7.05. The number of carboxylic acid groups (broad SMARTS) is 1. The van der Waals surface area contributed by atoms with Crippen molar-refractivity contribution in [1.29, 1.82) is 0 Å². The Morgan fingerprint density at radius 2 is 1.79 bits per heavy atom. The zero-order chi connectivity index (χ0) is 35.1. The SMILES string of the molecule is C#C[C@@]1(O)CCC2C3CCC4=CC(=NOCC(=O)NC(C(=O)NC(CC(=O)O)C5CCOC(C)(C)C5)C(C)C)CC[C@]4(C)C3CC[C@@]21C. The molecule has 4 aliphatic carbocycles. The van der Waals surface area contributed by atoms with Crippen molar-refractivity contribution >= 4 is 23.5 Å². The molecule has 0 aromatic rings. The Labute approximate surface area is 286 Å². The molecule has 3 saturated carbocycles. The maximum absolute atomic E-state index is 13.4. The number of carbonyl (C=O) groups excluding carboxylic acids is 2. The van der Waals surface area contributed by atoms with Gasteiger partial charge in [-0.05, 0) is 119 Å². The van der Waals surface area contributed by atoms with Crippen LogP contribution in [-0.2, 0) is 24.0 Å². The topological polar surface area (TPSA) is 147 Å². The minimum atomic E-state index is -1.00. The molecule has 1 heterocycles. The number of ether oxygens (including phenoxy) is 1. The summed E-state index contributed by atoms with van der Waals surface area (Å²) >= 11 is 0. The van der Waals surface area contributed by atoms with E-state index in [1.54, 1.807) is 0 Å². The van der Waals surface area contributed by atoms with Gasteiger partial charge in [0, 0.05) is 18.1 Å². The smallest absolute Gasteiger partial charge is 0.305 e. The molecule has 48 heavy (non-hydrogen) atoms. The van der Waals surface area contributed by atoms with E-state index >= 15 is 0 Å². The van der Waals surface area contributed by atoms with E-state index in [4.69, 9.17) is 16.0 Å². The van der Waals surface area contributed by atoms with Crippen molar-refractivity contribution in [2.75, 3.05) is 13.2 Å². The van der Waals surface area contributed by atoms with Gasteiger partial charge in [0.1, 0.15) is 11.6 Å². The highest BCUT2D eigenvalue weighted by Crippen LogP contribution is 2.67. The number of aliphatic carboxylic acids is 1. The molecule has 4 fully saturated rings. The highest BCUT2D eigenvalue weighted by molar-refractivity contribution is 5.96. The van der Waals surface area contributed by atoms with Crippen LogP contribution in [-0.4, -0.2) is 70.2 Å². The van der Waals surface area contributed by atoms with Gasteiger partial charge in [-0.15, -0.1) is 6.42 Å². The number of nitrogens with one attached hydrogen (secondary N) is 2. The second-order valence-electron chi connectivity index (χ2n) is 16.7. The average molecular weight is 668 g/mol. The Kier molecular flexibility index (Phi) is 10.4. The fourth-order valence-corrected chi connectivity index (χ4v) is 10.2. The maximum atomic E-state index is 13.4. The van der Waals surface area contributed by atoms with Crippen LogP contribution in [0.1, 0.15) is 112 Å². The molecule has 2 amide bonds. The van der Waals surface area contributed by atoms with E-state index < -0.39 is 41.1 Å². The van der Waals surface area contributed by atoms with E-state index in [0.29, 0.717) is 43.6 Å². The first-order valence-electron chi connectivity index (χ1n) is 18.1. The van der Waals surface area contributed by atoms with Crippen molar-refractivity contribution in [2.24, 2.45) is 45.6 Å². The predicted octanol–water partition coefficient (Wildman–Crippen LogP) is 4.99. The highest BCUT2D eigenvalue weighted by atomic mass is 16.6. The molecular formula is C38H57N3O7. The number of oxime groups is 1. The highest BCUT2D eigenvalue weighted by Gasteiger charge is 2.63. The summed E-state index contributed by atoms with van der Waals surface area (Å²) in [6, 6.07) is -1.42. The molecule has 0 radical (unpaired) electrons. The number of hydrogen-bond acceptors (Lipinski definition) is 7. The molecule has 0 spiro atoms. The van der Waals surface area contributed by atoms with E-state index in [1.807, 2.05) is 27.7 Å². The minimum Gasteiger partial charge on any atom is -0.481 e. The quantitative estimate of drug-likeness (QED) is 0.190. The van der Waals surface area contributed by atoms with E-state index in [9.17, 15) is 24.6 Å². The zero-order valence-electron chi connectivity index (χ0n) is 29.8. The van der Waals surface area contributed by atoms with Gasteiger partial charge in [0.05, 0.1) is 17.7 Å². The largest absolute Gasteiger partial charge is 0.481 e. The average Bonchev–Trinajstić information content (AvgIpc) is 3.29. The van der Waals surface area contributed by atoms with Gasteiger partial charge in [0.15, 0.2) is 6.61 Å². The molecule has 6 unspecified atom stereocenters. The number of rotatable bonds is 10. The number of fused-ring (bicyclic) bond motifs is 5. The van der Waals surface area contributed by atoms with Crippen molar-refractivity contribution < 1.29 is 34.2 Å². The molecular weight excluding hydrogens is 610 g/mol. The van der Waals surface area contributed by atoms with Gasteiger partial charge < -0.3 is 30.4 Å². The van der Waals surface area contributed by atoms with Crippen LogP contribution in [0.4, 0.5) is 0 Å². The van der Waals surface area contributed by atoms with Gasteiger partial charge in [-0.3, -0.25) is 14.4 Å². The monoisotopic (exact) mass is 667 g/mol. The lowest BCUT2D eigenvalue weighted by molar-refractivity contribution is -0.140. The molecule has 10 heteroatoms. The zero-order valence-corrected chi connectivity index (χ0v) is 29.8. The first-order chi connectivity index (χ1) is 22.5. The molecule has 5 aliphatic rings. The van der Waals surface area contributed by atoms with Crippen molar-refractivity contribution in [2.45, 2.75) is 135 Å². The number of carboxylic acids is 1. The van der Waals surface area contributed by atoms with Gasteiger partial charge >= 0.3 is 5.97 Å². The summed E-state index contributed by atoms with van der Waals surface area (Å²) in [6.07, 6.45) is 16.6. The molecule has 1 saturated heterocycles. The molecule has 9 atom stereocenters. The summed E-state index contributed by atoms with van der Waals surface area (Å²) in [4.78, 5) is 43.5. The van der Waals surface area contributed by atoms with E-state index in [-0.39, 0.29) is 35.7 Å². The molecule has 5 rings (SSSR count). The first-order valence-corrected chi connectivity index (χ1v) is 18.1. The van der Waals surface area contributed by atoms with Crippen LogP contribution in [0.5, 0.6) is 0 Å². The summed E-state index contributed by atoms with van der Waals surface area (Å²) in [5.74, 6) is 2.19. The Hall–Kier alpha value is -2.90. The fourth-order valence-electron chi connectivity index (χ4n) is 10.2. The van der Waals surface area contributed by atoms with Crippen LogP contribution in [0.25, 0.3) is 0 Å². The van der Waals surface area contributed by atoms with Gasteiger partial charge in [0.2, 0.25) is 5.91 Å². The van der Waals surface area contributed by atoms with Crippen molar-refractivity contribution in [3.63, 3.8) is 0 Å². The Morgan fingerprint density at radius 1 is 1.06 bits per heavy atom. The van der Waals surface area contributed by atoms with Crippen molar-refractivity contribution in [3.05, 3.63) is 11.6 Å². The lowest BCUT2D eigenvalue weighted by Crippen LogP contribution is -2.55. The van der Waals surface area contributed by atoms with Gasteiger partial charge in [0.25, 0.3) is 5.91 Å². The predicted molar refractivity (Wildman–Crippen MR) is 183 cm³/mol. The number of terminal acetylenes is 1. The number of nitrogens with zero attached hydrogens (tertiary/aromatic N) is 1. The van der Waals surface area contributed by atoms with Gasteiger partial charge in [-0.25, -0.2) is 0 Å². The summed E-state index contributed by atoms with van der Waals surface area (Å²) in [5.41, 5.74) is 0.689. The summed E-state index contributed by atoms with van der Waals surface area (Å²) < 4.78 is 5.80. The van der Waals surface area contributed by atoms with Crippen LogP contribution < -0.4 is 10.6 Å². The standard InChI is InChI=1S/C38H57N3O7/c1-8-38(46)17-13-29-27-10-9-25-19-26(11-15-36(25,6)28(27)12-16-37(29,38)7)41-48-22-31(42)40-33(23(2)3)34(45)39-30(20-32(43)44)24-14-18-47-35(4,5)21-24/h1,19,23-24,27-30,33,46H,9-18,20-22H2,2-7H3,(H,39,45)(H,40,42)(H,43,44)/t24?,27?,28?,29?,30?,33?,36-,37-,38+/m0/s1. The second kappa shape index (κ2) is 13.8. The van der Waals surface area contributed by atoms with Crippen LogP contribution in [0.3, 0.4) is 0 Å². The van der Waals surface area contributed by atoms with Crippen LogP contribution >= 0.6 is 0 Å². The number of hydrogen-bond donors (Lipinski definition) is 4. The van der Waals surface area contributed by atoms with Crippen LogP contribution in [0.15, 0.2) is 16.8 Å². The molecule has 0 bridgehead atoms. The molecule has 10 nitrogen and oxygen atoms in total. The molecule has 1 aliphatic heterocycles. The van der Waals surface area contributed by atoms with E-state index in [0.717, 1.165) is 50.7 Å². The van der Waals surface area contributed by atoms with Crippen LogP contribution in [0.2, 0.25) is 0 Å². The lowest BCUT2D eigenvalue weighted by atomic mass is 9.46. The van der Waals surface area contributed by atoms with Crippen molar-refractivity contribution in [3.8, 4) is 12.3 Å². The normalized spacial score (nSPS) is 37.6. The summed E-state index contributed by atoms with van der Waals surface area (Å²) in [5, 5.41) is 30.9. The number of allylic oxidation sites excluding steroid dienone is 2. The van der Waals surface area contributed by atoms with Gasteiger partial charge in [-0.2, -0.15) is 0 Å². The third-order valence-electron chi connectivity index (χ3n) is 13.0. The number of amides is 2. The van der Waals surface area contributed by atoms with Crippen molar-refractivity contribution in [1.82, 2.24) is 10.6 Å². The summed E-state index contributed by atoms with van der Waals surface area (Å²) in [6.45, 7) is 12.4. The molecule has 4 N–H and O–H groups in total. The Morgan fingerprint density at radius 3 is 2.46 bits per heavy atom. The second-order valence-corrected chi connectivity index (χ2v) is 16.7. The van der Waals surface area contributed by atoms with Gasteiger partial charge in [-0.1, -0.05) is 44.3 Å². The van der Waals surface area contributed by atoms with E-state index in [2.05, 4.69) is 41.6 Å². The van der Waals surface area contributed by atoms with Crippen LogP contribution in [0, 0.1) is 52.8 Å². The fraction of sp³-hybridized carbons (Fsp3) is 0.789. The summed E-state index contributed by atoms with van der Waals surface area (Å²) in [7, 11) is 0. The first kappa shape index (κ1) is 36.4. The third-order valence-corrected chi connectivity index (χ3v) is 13.0. The molecule has 266 valence electrons. The Balaban J connectivity index is 1.17.